The fraction of sp³-hybridized carbons (Fsp3) is 0.0625. The molecule has 0 saturated carbocycles. The van der Waals surface area contributed by atoms with Crippen molar-refractivity contribution in [3.63, 3.8) is 0 Å². The molecule has 0 unspecified atom stereocenters. The number of hydrogen-bond acceptors (Lipinski definition) is 2. The lowest BCUT2D eigenvalue weighted by Gasteiger charge is -2.03. The van der Waals surface area contributed by atoms with Gasteiger partial charge in [-0.2, -0.15) is 0 Å². The predicted octanol–water partition coefficient (Wildman–Crippen LogP) is 4.64. The smallest absolute Gasteiger partial charge is 0.142 e. The summed E-state index contributed by atoms with van der Waals surface area (Å²) < 4.78 is 1.86. The maximum absolute atomic E-state index is 6.19. The van der Waals surface area contributed by atoms with Crippen LogP contribution in [0.1, 0.15) is 0 Å². The average Bonchev–Trinajstić information content (AvgIpc) is 2.75. The van der Waals surface area contributed by atoms with Gasteiger partial charge in [0.05, 0.1) is 0 Å². The molecule has 0 aliphatic heterocycles. The summed E-state index contributed by atoms with van der Waals surface area (Å²) in [5.41, 5.74) is 8.68. The van der Waals surface area contributed by atoms with Gasteiger partial charge in [0.1, 0.15) is 17.3 Å². The van der Waals surface area contributed by atoms with Crippen LogP contribution < -0.4 is 5.73 Å². The molecule has 106 valence electrons. The summed E-state index contributed by atoms with van der Waals surface area (Å²) in [5, 5.41) is 1.12. The number of nitrogens with two attached hydrogens (primary N) is 1. The molecule has 3 rings (SSSR count). The number of nitrogen functional groups attached to an aromatic ring is 1. The first kappa shape index (κ1) is 14.0. The average molecular weight is 318 g/mol. The van der Waals surface area contributed by atoms with Crippen LogP contribution in [-0.4, -0.2) is 9.55 Å². The van der Waals surface area contributed by atoms with E-state index < -0.39 is 0 Å². The molecule has 0 spiro atoms. The minimum absolute atomic E-state index is 0.559. The Morgan fingerprint density at radius 3 is 2.19 bits per heavy atom. The van der Waals surface area contributed by atoms with Crippen LogP contribution in [0.5, 0.6) is 0 Å². The Morgan fingerprint density at radius 2 is 1.57 bits per heavy atom. The zero-order valence-electron chi connectivity index (χ0n) is 11.3. The maximum atomic E-state index is 6.19. The lowest BCUT2D eigenvalue weighted by molar-refractivity contribution is 0.937. The molecule has 0 radical (unpaired) electrons. The predicted molar refractivity (Wildman–Crippen MR) is 88.5 cm³/mol. The summed E-state index contributed by atoms with van der Waals surface area (Å²) in [5.74, 6) is 1.38. The van der Waals surface area contributed by atoms with Gasteiger partial charge in [0.25, 0.3) is 0 Å². The molecule has 0 saturated heterocycles. The van der Waals surface area contributed by atoms with Gasteiger partial charge >= 0.3 is 0 Å². The molecule has 0 aliphatic carbocycles. The zero-order valence-corrected chi connectivity index (χ0v) is 12.9. The Labute approximate surface area is 132 Å². The van der Waals surface area contributed by atoms with Gasteiger partial charge in [-0.3, -0.25) is 0 Å². The van der Waals surface area contributed by atoms with E-state index in [-0.39, 0.29) is 0 Å². The van der Waals surface area contributed by atoms with E-state index in [2.05, 4.69) is 4.98 Å². The molecule has 0 bridgehead atoms. The van der Waals surface area contributed by atoms with E-state index in [1.54, 1.807) is 18.2 Å². The summed E-state index contributed by atoms with van der Waals surface area (Å²) in [6.07, 6.45) is 0. The molecular weight excluding hydrogens is 305 g/mol. The molecule has 0 amide bonds. The van der Waals surface area contributed by atoms with Gasteiger partial charge < -0.3 is 10.3 Å². The van der Waals surface area contributed by atoms with Crippen LogP contribution in [0.15, 0.2) is 48.5 Å². The number of hydrogen-bond donors (Lipinski definition) is 1. The quantitative estimate of drug-likeness (QED) is 0.748. The summed E-state index contributed by atoms with van der Waals surface area (Å²) in [7, 11) is 1.89. The fourth-order valence-electron chi connectivity index (χ4n) is 2.26. The van der Waals surface area contributed by atoms with Crippen molar-refractivity contribution in [3.8, 4) is 22.6 Å². The van der Waals surface area contributed by atoms with Crippen molar-refractivity contribution < 1.29 is 0 Å². The molecular formula is C16H13Cl2N3. The summed E-state index contributed by atoms with van der Waals surface area (Å²) in [6, 6.07) is 15.2. The van der Waals surface area contributed by atoms with Gasteiger partial charge in [-0.1, -0.05) is 53.5 Å². The number of imidazole rings is 1. The van der Waals surface area contributed by atoms with Crippen LogP contribution in [0.3, 0.4) is 0 Å². The third-order valence-corrected chi connectivity index (χ3v) is 3.74. The molecule has 1 aromatic heterocycles. The van der Waals surface area contributed by atoms with Crippen LogP contribution in [0, 0.1) is 0 Å². The third kappa shape index (κ3) is 2.62. The monoisotopic (exact) mass is 317 g/mol. The number of anilines is 1. The zero-order chi connectivity index (χ0) is 15.0. The van der Waals surface area contributed by atoms with Crippen LogP contribution in [0.2, 0.25) is 10.0 Å². The fourth-order valence-corrected chi connectivity index (χ4v) is 2.79. The van der Waals surface area contributed by atoms with Crippen LogP contribution in [-0.2, 0) is 7.05 Å². The molecule has 5 heteroatoms. The minimum atomic E-state index is 0.559. The number of rotatable bonds is 2. The Hall–Kier alpha value is -1.97. The van der Waals surface area contributed by atoms with Crippen molar-refractivity contribution in [3.05, 3.63) is 58.6 Å². The molecule has 0 fully saturated rings. The normalized spacial score (nSPS) is 10.8. The summed E-state index contributed by atoms with van der Waals surface area (Å²) in [4.78, 5) is 4.65. The second-order valence-electron chi connectivity index (χ2n) is 4.75. The maximum Gasteiger partial charge on any atom is 0.142 e. The Morgan fingerprint density at radius 1 is 0.952 bits per heavy atom. The van der Waals surface area contributed by atoms with Crippen molar-refractivity contribution in [2.45, 2.75) is 0 Å². The highest BCUT2D eigenvalue weighted by Gasteiger charge is 2.15. The van der Waals surface area contributed by atoms with Crippen LogP contribution >= 0.6 is 23.2 Å². The van der Waals surface area contributed by atoms with Crippen molar-refractivity contribution in [2.24, 2.45) is 7.05 Å². The van der Waals surface area contributed by atoms with Gasteiger partial charge in [0, 0.05) is 28.2 Å². The second kappa shape index (κ2) is 5.43. The van der Waals surface area contributed by atoms with E-state index in [1.165, 1.54) is 0 Å². The van der Waals surface area contributed by atoms with Crippen molar-refractivity contribution >= 4 is 29.0 Å². The summed E-state index contributed by atoms with van der Waals surface area (Å²) in [6.45, 7) is 0. The highest BCUT2D eigenvalue weighted by molar-refractivity contribution is 6.35. The first-order valence-electron chi connectivity index (χ1n) is 6.40. The largest absolute Gasteiger partial charge is 0.383 e. The van der Waals surface area contributed by atoms with Gasteiger partial charge in [-0.25, -0.2) is 4.98 Å². The van der Waals surface area contributed by atoms with E-state index >= 15 is 0 Å². The van der Waals surface area contributed by atoms with Gasteiger partial charge in [-0.15, -0.1) is 0 Å². The SMILES string of the molecule is Cn1c(-c2ccccc2)nc(-c2cc(Cl)cc(Cl)c2)c1N. The van der Waals surface area contributed by atoms with E-state index in [1.807, 2.05) is 41.9 Å². The van der Waals surface area contributed by atoms with E-state index in [0.717, 1.165) is 17.0 Å². The van der Waals surface area contributed by atoms with E-state index in [0.29, 0.717) is 21.6 Å². The first-order chi connectivity index (χ1) is 10.1. The highest BCUT2D eigenvalue weighted by Crippen LogP contribution is 2.33. The molecule has 2 N–H and O–H groups in total. The molecule has 21 heavy (non-hydrogen) atoms. The Bertz CT molecular complexity index is 775. The standard InChI is InChI=1S/C16H13Cl2N3/c1-21-15(19)14(11-7-12(17)9-13(18)8-11)20-16(21)10-5-3-2-4-6-10/h2-9H,19H2,1H3. The Kier molecular flexibility index (Phi) is 3.62. The van der Waals surface area contributed by atoms with Gasteiger partial charge in [0.2, 0.25) is 0 Å². The number of benzene rings is 2. The lowest BCUT2D eigenvalue weighted by Crippen LogP contribution is -1.98. The van der Waals surface area contributed by atoms with Gasteiger partial charge in [-0.05, 0) is 18.2 Å². The molecule has 3 nitrogen and oxygen atoms in total. The third-order valence-electron chi connectivity index (χ3n) is 3.31. The lowest BCUT2D eigenvalue weighted by atomic mass is 10.1. The topological polar surface area (TPSA) is 43.8 Å². The Balaban J connectivity index is 2.17. The highest BCUT2D eigenvalue weighted by atomic mass is 35.5. The number of halogens is 2. The second-order valence-corrected chi connectivity index (χ2v) is 5.63. The number of aromatic nitrogens is 2. The number of nitrogens with zero attached hydrogens (tertiary/aromatic N) is 2. The van der Waals surface area contributed by atoms with Crippen LogP contribution in [0.25, 0.3) is 22.6 Å². The van der Waals surface area contributed by atoms with Crippen molar-refractivity contribution in [1.29, 1.82) is 0 Å². The molecule has 2 aromatic carbocycles. The van der Waals surface area contributed by atoms with E-state index in [4.69, 9.17) is 28.9 Å². The first-order valence-corrected chi connectivity index (χ1v) is 7.16. The molecule has 1 heterocycles. The van der Waals surface area contributed by atoms with Crippen LogP contribution in [0.4, 0.5) is 5.82 Å². The van der Waals surface area contributed by atoms with Crippen molar-refractivity contribution in [1.82, 2.24) is 9.55 Å². The minimum Gasteiger partial charge on any atom is -0.383 e. The summed E-state index contributed by atoms with van der Waals surface area (Å²) >= 11 is 12.1. The molecule has 0 atom stereocenters. The van der Waals surface area contributed by atoms with Crippen molar-refractivity contribution in [2.75, 3.05) is 5.73 Å². The molecule has 3 aromatic rings. The van der Waals surface area contributed by atoms with Gasteiger partial charge in [0.15, 0.2) is 0 Å². The van der Waals surface area contributed by atoms with E-state index in [9.17, 15) is 0 Å². The molecule has 0 aliphatic rings.